The topological polar surface area (TPSA) is 73.8 Å². The second-order valence-electron chi connectivity index (χ2n) is 10.4. The number of hydrogen-bond donors (Lipinski definition) is 0. The molecule has 0 saturated carbocycles. The van der Waals surface area contributed by atoms with E-state index in [9.17, 15) is 0 Å². The predicted octanol–water partition coefficient (Wildman–Crippen LogP) is 6.09. The van der Waals surface area contributed by atoms with E-state index in [1.54, 1.807) is 14.2 Å². The van der Waals surface area contributed by atoms with Gasteiger partial charge in [0.15, 0.2) is 17.8 Å². The Morgan fingerprint density at radius 3 is 1.77 bits per heavy atom. The first kappa shape index (κ1) is 29.2. The van der Waals surface area contributed by atoms with Crippen LogP contribution in [0.1, 0.15) is 23.0 Å². The standard InChI is InChI=1S/C35H36O8/c1-36-27-19-12-20-28(37-2)30(27)42-35-33(39-22-25-15-8-4-9-16-25)32(38-21-24-13-6-3-7-14-24)31-29(41-35)23-40-34(43-31)26-17-10-5-11-18-26/h3-20,29,31-35H,21-23H2,1-2H3/t29-,31-,32+,33+,34?,35+/m1/s1. The Hall–Kier alpha value is -3.92. The van der Waals surface area contributed by atoms with Gasteiger partial charge in [-0.25, -0.2) is 0 Å². The lowest BCUT2D eigenvalue weighted by atomic mass is 9.97. The van der Waals surface area contributed by atoms with Gasteiger partial charge in [-0.2, -0.15) is 0 Å². The van der Waals surface area contributed by atoms with Crippen molar-refractivity contribution in [2.24, 2.45) is 0 Å². The number of methoxy groups -OCH3 is 2. The lowest BCUT2D eigenvalue weighted by Gasteiger charge is -2.48. The summed E-state index contributed by atoms with van der Waals surface area (Å²) in [5.41, 5.74) is 2.96. The van der Waals surface area contributed by atoms with Gasteiger partial charge in [-0.05, 0) is 23.3 Å². The highest BCUT2D eigenvalue weighted by Gasteiger charge is 2.52. The molecule has 6 atom stereocenters. The largest absolute Gasteiger partial charge is 0.493 e. The number of fused-ring (bicyclic) bond motifs is 1. The van der Waals surface area contributed by atoms with Gasteiger partial charge >= 0.3 is 0 Å². The molecular formula is C35H36O8. The molecule has 224 valence electrons. The fourth-order valence-electron chi connectivity index (χ4n) is 5.37. The van der Waals surface area contributed by atoms with E-state index >= 15 is 0 Å². The highest BCUT2D eigenvalue weighted by Crippen LogP contribution is 2.42. The van der Waals surface area contributed by atoms with Crippen LogP contribution in [0.15, 0.2) is 109 Å². The van der Waals surface area contributed by atoms with E-state index in [1.807, 2.05) is 109 Å². The van der Waals surface area contributed by atoms with Crippen LogP contribution in [-0.4, -0.2) is 51.5 Å². The Bertz CT molecular complexity index is 1400. The van der Waals surface area contributed by atoms with Crippen LogP contribution in [0.5, 0.6) is 17.2 Å². The molecule has 2 fully saturated rings. The first-order chi connectivity index (χ1) is 21.2. The minimum atomic E-state index is -0.892. The van der Waals surface area contributed by atoms with Crippen LogP contribution in [0.3, 0.4) is 0 Å². The minimum Gasteiger partial charge on any atom is -0.493 e. The molecule has 2 saturated heterocycles. The Balaban J connectivity index is 1.34. The van der Waals surface area contributed by atoms with Crippen LogP contribution in [0, 0.1) is 0 Å². The zero-order valence-corrected chi connectivity index (χ0v) is 24.2. The van der Waals surface area contributed by atoms with Gasteiger partial charge in [0.1, 0.15) is 24.4 Å². The van der Waals surface area contributed by atoms with E-state index in [-0.39, 0.29) is 6.61 Å². The number of ether oxygens (including phenoxy) is 8. The van der Waals surface area contributed by atoms with Crippen molar-refractivity contribution in [1.82, 2.24) is 0 Å². The Labute approximate surface area is 252 Å². The Morgan fingerprint density at radius 1 is 0.628 bits per heavy atom. The average Bonchev–Trinajstić information content (AvgIpc) is 3.07. The molecule has 8 nitrogen and oxygen atoms in total. The molecule has 2 aliphatic heterocycles. The van der Waals surface area contributed by atoms with Crippen molar-refractivity contribution in [1.29, 1.82) is 0 Å². The molecule has 0 bridgehead atoms. The molecule has 2 aliphatic rings. The van der Waals surface area contributed by atoms with Crippen LogP contribution in [-0.2, 0) is 36.9 Å². The maximum atomic E-state index is 6.68. The molecule has 2 heterocycles. The lowest BCUT2D eigenvalue weighted by Crippen LogP contribution is -2.64. The third kappa shape index (κ3) is 6.85. The van der Waals surface area contributed by atoms with E-state index < -0.39 is 37.0 Å². The summed E-state index contributed by atoms with van der Waals surface area (Å²) in [5.74, 6) is 1.42. The molecule has 0 radical (unpaired) electrons. The van der Waals surface area contributed by atoms with Crippen molar-refractivity contribution in [3.05, 3.63) is 126 Å². The van der Waals surface area contributed by atoms with Crippen molar-refractivity contribution >= 4 is 0 Å². The number of rotatable bonds is 11. The summed E-state index contributed by atoms with van der Waals surface area (Å²) in [7, 11) is 3.17. The SMILES string of the molecule is COc1cccc(OC)c1O[C@@H]1O[C@@H]2COC(c3ccccc3)O[C@H]2[C@H](OCc2ccccc2)[C@@H]1OCc1ccccc1. The first-order valence-electron chi connectivity index (χ1n) is 14.4. The van der Waals surface area contributed by atoms with Crippen LogP contribution in [0.4, 0.5) is 0 Å². The summed E-state index contributed by atoms with van der Waals surface area (Å²) < 4.78 is 50.4. The van der Waals surface area contributed by atoms with Crippen LogP contribution >= 0.6 is 0 Å². The average molecular weight is 585 g/mol. The zero-order chi connectivity index (χ0) is 29.4. The molecule has 6 rings (SSSR count). The van der Waals surface area contributed by atoms with Gasteiger partial charge in [-0.15, -0.1) is 0 Å². The van der Waals surface area contributed by atoms with Crippen LogP contribution in [0.2, 0.25) is 0 Å². The van der Waals surface area contributed by atoms with Gasteiger partial charge in [0.2, 0.25) is 12.0 Å². The van der Waals surface area contributed by atoms with Gasteiger partial charge < -0.3 is 37.9 Å². The number of benzene rings is 4. The first-order valence-corrected chi connectivity index (χ1v) is 14.4. The number of hydrogen-bond acceptors (Lipinski definition) is 8. The van der Waals surface area contributed by atoms with Crippen molar-refractivity contribution in [3.8, 4) is 17.2 Å². The molecule has 0 spiro atoms. The second kappa shape index (κ2) is 14.0. The fraction of sp³-hybridized carbons (Fsp3) is 0.314. The highest BCUT2D eigenvalue weighted by molar-refractivity contribution is 5.51. The van der Waals surface area contributed by atoms with E-state index in [0.717, 1.165) is 16.7 Å². The lowest BCUT2D eigenvalue weighted by molar-refractivity contribution is -0.361. The third-order valence-electron chi connectivity index (χ3n) is 7.54. The Kier molecular flexibility index (Phi) is 9.52. The molecule has 1 unspecified atom stereocenters. The van der Waals surface area contributed by atoms with Crippen molar-refractivity contribution < 1.29 is 37.9 Å². The predicted molar refractivity (Wildman–Crippen MR) is 159 cm³/mol. The van der Waals surface area contributed by atoms with E-state index in [1.165, 1.54) is 0 Å². The molecular weight excluding hydrogens is 548 g/mol. The highest BCUT2D eigenvalue weighted by atomic mass is 16.8. The maximum Gasteiger partial charge on any atom is 0.229 e. The van der Waals surface area contributed by atoms with E-state index in [2.05, 4.69) is 0 Å². The van der Waals surface area contributed by atoms with Gasteiger partial charge in [0.25, 0.3) is 0 Å². The summed E-state index contributed by atoms with van der Waals surface area (Å²) in [6, 6.07) is 35.3. The van der Waals surface area contributed by atoms with Crippen LogP contribution in [0.25, 0.3) is 0 Å². The molecule has 0 N–H and O–H groups in total. The monoisotopic (exact) mass is 584 g/mol. The fourth-order valence-corrected chi connectivity index (χ4v) is 5.37. The van der Waals surface area contributed by atoms with Gasteiger partial charge in [-0.1, -0.05) is 97.1 Å². The van der Waals surface area contributed by atoms with Crippen molar-refractivity contribution in [2.45, 2.75) is 50.2 Å². The van der Waals surface area contributed by atoms with Crippen molar-refractivity contribution in [3.63, 3.8) is 0 Å². The second-order valence-corrected chi connectivity index (χ2v) is 10.4. The minimum absolute atomic E-state index is 0.281. The molecule has 0 amide bonds. The molecule has 43 heavy (non-hydrogen) atoms. The number of para-hydroxylation sites is 1. The van der Waals surface area contributed by atoms with E-state index in [4.69, 9.17) is 37.9 Å². The smallest absolute Gasteiger partial charge is 0.229 e. The summed E-state index contributed by atoms with van der Waals surface area (Å²) in [5, 5.41) is 0. The molecule has 4 aromatic carbocycles. The normalized spacial score (nSPS) is 25.0. The van der Waals surface area contributed by atoms with Gasteiger partial charge in [-0.3, -0.25) is 0 Å². The van der Waals surface area contributed by atoms with Crippen LogP contribution < -0.4 is 14.2 Å². The zero-order valence-electron chi connectivity index (χ0n) is 24.2. The molecule has 0 aliphatic carbocycles. The maximum absolute atomic E-state index is 6.68. The van der Waals surface area contributed by atoms with E-state index in [0.29, 0.717) is 30.5 Å². The summed E-state index contributed by atoms with van der Waals surface area (Å²) >= 11 is 0. The molecule has 0 aromatic heterocycles. The van der Waals surface area contributed by atoms with Gasteiger partial charge in [0.05, 0.1) is 34.0 Å². The quantitative estimate of drug-likeness (QED) is 0.210. The summed E-state index contributed by atoms with van der Waals surface area (Å²) in [6.45, 7) is 0.952. The summed E-state index contributed by atoms with van der Waals surface area (Å²) in [4.78, 5) is 0. The molecule has 4 aromatic rings. The summed E-state index contributed by atoms with van der Waals surface area (Å²) in [6.07, 6.45) is -3.70. The van der Waals surface area contributed by atoms with Crippen molar-refractivity contribution in [2.75, 3.05) is 20.8 Å². The molecule has 8 heteroatoms. The van der Waals surface area contributed by atoms with Gasteiger partial charge in [0, 0.05) is 5.56 Å². The Morgan fingerprint density at radius 2 is 1.19 bits per heavy atom. The third-order valence-corrected chi connectivity index (χ3v) is 7.54.